The number of nitrogens with two attached hydrogens (primary N) is 1. The van der Waals surface area contributed by atoms with Gasteiger partial charge in [0.15, 0.2) is 0 Å². The summed E-state index contributed by atoms with van der Waals surface area (Å²) in [4.78, 5) is 14.0. The highest BCUT2D eigenvalue weighted by Crippen LogP contribution is 2.25. The standard InChI is InChI=1S/C13H21N3O3/c1-9-3-4-12(19-9)10(7-14)16-5-6-18-8-11(16)13(17)15-2/h3-4,10-11H,5-8,14H2,1-2H3,(H,15,17). The van der Waals surface area contributed by atoms with Crippen LogP contribution in [0, 0.1) is 6.92 Å². The van der Waals surface area contributed by atoms with Gasteiger partial charge in [0.25, 0.3) is 0 Å². The molecule has 2 rings (SSSR count). The summed E-state index contributed by atoms with van der Waals surface area (Å²) in [5.74, 6) is 1.59. The number of furan rings is 1. The molecule has 1 fully saturated rings. The number of carbonyl (C=O) groups is 1. The zero-order valence-electron chi connectivity index (χ0n) is 11.4. The zero-order chi connectivity index (χ0) is 13.8. The van der Waals surface area contributed by atoms with Gasteiger partial charge in [0.05, 0.1) is 19.3 Å². The second-order valence-electron chi connectivity index (χ2n) is 4.64. The molecule has 19 heavy (non-hydrogen) atoms. The number of hydrogen-bond acceptors (Lipinski definition) is 5. The Morgan fingerprint density at radius 3 is 3.00 bits per heavy atom. The Labute approximate surface area is 112 Å². The van der Waals surface area contributed by atoms with E-state index in [-0.39, 0.29) is 18.0 Å². The molecule has 0 spiro atoms. The van der Waals surface area contributed by atoms with Crippen molar-refractivity contribution >= 4 is 5.91 Å². The highest BCUT2D eigenvalue weighted by molar-refractivity contribution is 5.81. The molecule has 6 heteroatoms. The summed E-state index contributed by atoms with van der Waals surface area (Å²) >= 11 is 0. The lowest BCUT2D eigenvalue weighted by molar-refractivity contribution is -0.134. The number of nitrogens with one attached hydrogen (secondary N) is 1. The van der Waals surface area contributed by atoms with Crippen LogP contribution in [0.25, 0.3) is 0 Å². The van der Waals surface area contributed by atoms with Gasteiger partial charge in [-0.2, -0.15) is 0 Å². The second-order valence-corrected chi connectivity index (χ2v) is 4.64. The molecule has 1 saturated heterocycles. The van der Waals surface area contributed by atoms with E-state index in [4.69, 9.17) is 14.9 Å². The number of nitrogens with zero attached hydrogens (tertiary/aromatic N) is 1. The molecule has 6 nitrogen and oxygen atoms in total. The third kappa shape index (κ3) is 2.97. The van der Waals surface area contributed by atoms with Gasteiger partial charge in [-0.15, -0.1) is 0 Å². The monoisotopic (exact) mass is 267 g/mol. The molecule has 1 amide bonds. The van der Waals surface area contributed by atoms with E-state index in [2.05, 4.69) is 10.2 Å². The molecule has 1 aliphatic heterocycles. The van der Waals surface area contributed by atoms with E-state index in [0.717, 1.165) is 11.5 Å². The van der Waals surface area contributed by atoms with Crippen LogP contribution in [0.2, 0.25) is 0 Å². The Bertz CT molecular complexity index is 433. The molecule has 0 aromatic carbocycles. The smallest absolute Gasteiger partial charge is 0.239 e. The quantitative estimate of drug-likeness (QED) is 0.804. The highest BCUT2D eigenvalue weighted by atomic mass is 16.5. The number of ether oxygens (including phenoxy) is 1. The van der Waals surface area contributed by atoms with Gasteiger partial charge in [0, 0.05) is 20.1 Å². The van der Waals surface area contributed by atoms with Crippen LogP contribution in [0.4, 0.5) is 0 Å². The number of morpholine rings is 1. The second kappa shape index (κ2) is 6.18. The summed E-state index contributed by atoms with van der Waals surface area (Å²) in [6.07, 6.45) is 0. The lowest BCUT2D eigenvalue weighted by atomic mass is 10.1. The Morgan fingerprint density at radius 1 is 1.63 bits per heavy atom. The van der Waals surface area contributed by atoms with Crippen LogP contribution in [0.15, 0.2) is 16.5 Å². The minimum absolute atomic E-state index is 0.0542. The van der Waals surface area contributed by atoms with Crippen molar-refractivity contribution in [3.8, 4) is 0 Å². The maximum Gasteiger partial charge on any atom is 0.239 e. The molecule has 106 valence electrons. The summed E-state index contributed by atoms with van der Waals surface area (Å²) in [6, 6.07) is 3.41. The molecule has 3 N–H and O–H groups in total. The summed E-state index contributed by atoms with van der Waals surface area (Å²) < 4.78 is 11.1. The van der Waals surface area contributed by atoms with E-state index in [9.17, 15) is 4.79 Å². The van der Waals surface area contributed by atoms with E-state index in [1.807, 2.05) is 19.1 Å². The van der Waals surface area contributed by atoms with Crippen molar-refractivity contribution in [2.45, 2.75) is 19.0 Å². The number of rotatable bonds is 4. The van der Waals surface area contributed by atoms with Crippen LogP contribution in [-0.4, -0.2) is 50.2 Å². The fraction of sp³-hybridized carbons (Fsp3) is 0.615. The Balaban J connectivity index is 2.21. The fourth-order valence-corrected chi connectivity index (χ4v) is 2.43. The van der Waals surface area contributed by atoms with Crippen LogP contribution in [0.3, 0.4) is 0 Å². The fourth-order valence-electron chi connectivity index (χ4n) is 2.43. The van der Waals surface area contributed by atoms with Crippen molar-refractivity contribution in [2.24, 2.45) is 5.73 Å². The van der Waals surface area contributed by atoms with Crippen molar-refractivity contribution in [3.05, 3.63) is 23.7 Å². The number of carbonyl (C=O) groups excluding carboxylic acids is 1. The Hall–Kier alpha value is -1.37. The molecule has 1 aromatic rings. The highest BCUT2D eigenvalue weighted by Gasteiger charge is 2.35. The minimum Gasteiger partial charge on any atom is -0.465 e. The number of amides is 1. The third-order valence-electron chi connectivity index (χ3n) is 3.43. The molecule has 0 bridgehead atoms. The SMILES string of the molecule is CNC(=O)C1COCCN1C(CN)c1ccc(C)o1. The van der Waals surface area contributed by atoms with E-state index >= 15 is 0 Å². The summed E-state index contributed by atoms with van der Waals surface area (Å²) in [6.45, 7) is 3.95. The maximum atomic E-state index is 11.9. The van der Waals surface area contributed by atoms with Gasteiger partial charge in [-0.3, -0.25) is 9.69 Å². The minimum atomic E-state index is -0.322. The van der Waals surface area contributed by atoms with Gasteiger partial charge >= 0.3 is 0 Å². The summed E-state index contributed by atoms with van der Waals surface area (Å²) in [5, 5.41) is 2.67. The van der Waals surface area contributed by atoms with E-state index < -0.39 is 0 Å². The average Bonchev–Trinajstić information content (AvgIpc) is 2.86. The molecular weight excluding hydrogens is 246 g/mol. The number of likely N-dealkylation sites (N-methyl/N-ethyl adjacent to an activating group) is 1. The molecule has 0 aliphatic carbocycles. The summed E-state index contributed by atoms with van der Waals surface area (Å²) in [7, 11) is 1.63. The Kier molecular flexibility index (Phi) is 4.57. The predicted octanol–water partition coefficient (Wildman–Crippen LogP) is 0.0346. The van der Waals surface area contributed by atoms with Crippen molar-refractivity contribution in [1.82, 2.24) is 10.2 Å². The van der Waals surface area contributed by atoms with Crippen LogP contribution in [-0.2, 0) is 9.53 Å². The van der Waals surface area contributed by atoms with Crippen LogP contribution in [0.1, 0.15) is 17.6 Å². The van der Waals surface area contributed by atoms with Crippen LogP contribution >= 0.6 is 0 Å². The first-order chi connectivity index (χ1) is 9.17. The molecule has 0 saturated carbocycles. The van der Waals surface area contributed by atoms with Gasteiger partial charge in [-0.05, 0) is 19.1 Å². The van der Waals surface area contributed by atoms with Crippen molar-refractivity contribution in [2.75, 3.05) is 33.4 Å². The lowest BCUT2D eigenvalue weighted by Crippen LogP contribution is -2.55. The first-order valence-corrected chi connectivity index (χ1v) is 6.49. The van der Waals surface area contributed by atoms with Crippen molar-refractivity contribution in [1.29, 1.82) is 0 Å². The van der Waals surface area contributed by atoms with E-state index in [0.29, 0.717) is 26.3 Å². The van der Waals surface area contributed by atoms with Crippen molar-refractivity contribution < 1.29 is 13.9 Å². The predicted molar refractivity (Wildman–Crippen MR) is 70.6 cm³/mol. The number of hydrogen-bond donors (Lipinski definition) is 2. The van der Waals surface area contributed by atoms with Gasteiger partial charge in [0.2, 0.25) is 5.91 Å². The average molecular weight is 267 g/mol. The van der Waals surface area contributed by atoms with Gasteiger partial charge < -0.3 is 20.2 Å². The van der Waals surface area contributed by atoms with Gasteiger partial charge in [-0.25, -0.2) is 0 Å². The molecule has 0 radical (unpaired) electrons. The van der Waals surface area contributed by atoms with Crippen LogP contribution in [0.5, 0.6) is 0 Å². The molecular formula is C13H21N3O3. The first kappa shape index (κ1) is 14.0. The van der Waals surface area contributed by atoms with Gasteiger partial charge in [0.1, 0.15) is 17.6 Å². The van der Waals surface area contributed by atoms with Crippen molar-refractivity contribution in [3.63, 3.8) is 0 Å². The molecule has 1 aromatic heterocycles. The molecule has 2 atom stereocenters. The maximum absolute atomic E-state index is 11.9. The number of aryl methyl sites for hydroxylation is 1. The third-order valence-corrected chi connectivity index (χ3v) is 3.43. The Morgan fingerprint density at radius 2 is 2.42 bits per heavy atom. The lowest BCUT2D eigenvalue weighted by Gasteiger charge is -2.38. The van der Waals surface area contributed by atoms with E-state index in [1.165, 1.54) is 0 Å². The van der Waals surface area contributed by atoms with E-state index in [1.54, 1.807) is 7.05 Å². The van der Waals surface area contributed by atoms with Gasteiger partial charge in [-0.1, -0.05) is 0 Å². The summed E-state index contributed by atoms with van der Waals surface area (Å²) in [5.41, 5.74) is 5.87. The molecule has 1 aliphatic rings. The molecule has 2 unspecified atom stereocenters. The largest absolute Gasteiger partial charge is 0.465 e. The topological polar surface area (TPSA) is 80.7 Å². The molecule has 2 heterocycles. The van der Waals surface area contributed by atoms with Crippen LogP contribution < -0.4 is 11.1 Å². The first-order valence-electron chi connectivity index (χ1n) is 6.49. The normalized spacial score (nSPS) is 22.2. The zero-order valence-corrected chi connectivity index (χ0v) is 11.4.